The number of hydrogen-bond acceptors (Lipinski definition) is 5. The quantitative estimate of drug-likeness (QED) is 0.489. The molecule has 0 radical (unpaired) electrons. The predicted octanol–water partition coefficient (Wildman–Crippen LogP) is 4.77. The zero-order valence-corrected chi connectivity index (χ0v) is 17.3. The molecule has 2 amide bonds. The molecule has 1 aliphatic heterocycles. The van der Waals surface area contributed by atoms with Gasteiger partial charge in [0.1, 0.15) is 17.9 Å². The molecule has 5 rings (SSSR count). The second-order valence-electron chi connectivity index (χ2n) is 7.48. The fourth-order valence-corrected chi connectivity index (χ4v) is 3.51. The van der Waals surface area contributed by atoms with Crippen molar-refractivity contribution in [2.45, 2.75) is 13.0 Å². The number of furan rings is 1. The van der Waals surface area contributed by atoms with Crippen LogP contribution in [0.4, 0.5) is 11.4 Å². The third kappa shape index (κ3) is 3.76. The molecule has 0 aliphatic carbocycles. The Morgan fingerprint density at radius 3 is 2.41 bits per heavy atom. The first kappa shape index (κ1) is 19.7. The minimum absolute atomic E-state index is 0.0113. The highest BCUT2D eigenvalue weighted by Crippen LogP contribution is 2.34. The summed E-state index contributed by atoms with van der Waals surface area (Å²) in [6, 6.07) is 21.7. The monoisotopic (exact) mass is 428 g/mol. The number of rotatable bonds is 4. The Balaban J connectivity index is 1.42. The van der Waals surface area contributed by atoms with Gasteiger partial charge in [-0.25, -0.2) is 0 Å². The summed E-state index contributed by atoms with van der Waals surface area (Å²) in [4.78, 5) is 26.0. The van der Waals surface area contributed by atoms with E-state index < -0.39 is 17.9 Å². The van der Waals surface area contributed by atoms with Gasteiger partial charge >= 0.3 is 0 Å². The molecule has 3 aromatic carbocycles. The van der Waals surface area contributed by atoms with E-state index in [-0.39, 0.29) is 18.1 Å². The average Bonchev–Trinajstić information content (AvgIpc) is 3.19. The lowest BCUT2D eigenvalue weighted by atomic mass is 10.2. The predicted molar refractivity (Wildman–Crippen MR) is 120 cm³/mol. The smallest absolute Gasteiger partial charge is 0.293 e. The maximum Gasteiger partial charge on any atom is 0.293 e. The fraction of sp³-hybridized carbons (Fsp3) is 0.120. The topological polar surface area (TPSA) is 89.8 Å². The summed E-state index contributed by atoms with van der Waals surface area (Å²) in [7, 11) is 0. The Morgan fingerprint density at radius 1 is 0.875 bits per heavy atom. The van der Waals surface area contributed by atoms with E-state index in [0.29, 0.717) is 28.2 Å². The Kier molecular flexibility index (Phi) is 4.99. The SMILES string of the molecule is Cc1ccc(NC(=O)c2oc3ccccc3c2NC(=O)C2COc3ccccc3O2)cc1. The molecule has 32 heavy (non-hydrogen) atoms. The molecule has 0 spiro atoms. The molecular formula is C25H20N2O5. The summed E-state index contributed by atoms with van der Waals surface area (Å²) in [6.07, 6.45) is -0.869. The van der Waals surface area contributed by atoms with Gasteiger partial charge in [0.05, 0.1) is 0 Å². The summed E-state index contributed by atoms with van der Waals surface area (Å²) in [6.45, 7) is 2.03. The minimum Gasteiger partial charge on any atom is -0.485 e. The first-order valence-electron chi connectivity index (χ1n) is 10.2. The van der Waals surface area contributed by atoms with Crippen LogP contribution in [-0.2, 0) is 4.79 Å². The van der Waals surface area contributed by atoms with Crippen LogP contribution in [0.1, 0.15) is 16.1 Å². The highest BCUT2D eigenvalue weighted by Gasteiger charge is 2.30. The van der Waals surface area contributed by atoms with Crippen molar-refractivity contribution in [3.63, 3.8) is 0 Å². The van der Waals surface area contributed by atoms with E-state index in [1.165, 1.54) is 0 Å². The van der Waals surface area contributed by atoms with Gasteiger partial charge in [-0.15, -0.1) is 0 Å². The molecule has 0 bridgehead atoms. The van der Waals surface area contributed by atoms with Crippen molar-refractivity contribution in [3.8, 4) is 11.5 Å². The van der Waals surface area contributed by atoms with Crippen molar-refractivity contribution < 1.29 is 23.5 Å². The molecule has 1 aromatic heterocycles. The van der Waals surface area contributed by atoms with Crippen molar-refractivity contribution in [2.75, 3.05) is 17.2 Å². The molecular weight excluding hydrogens is 408 g/mol. The Morgan fingerprint density at radius 2 is 1.59 bits per heavy atom. The number of benzene rings is 3. The Hall–Kier alpha value is -4.26. The molecule has 1 atom stereocenters. The van der Waals surface area contributed by atoms with Gasteiger partial charge in [0.2, 0.25) is 11.9 Å². The second-order valence-corrected chi connectivity index (χ2v) is 7.48. The van der Waals surface area contributed by atoms with Crippen LogP contribution in [0, 0.1) is 6.92 Å². The molecule has 1 aliphatic rings. The van der Waals surface area contributed by atoms with E-state index in [2.05, 4.69) is 10.6 Å². The Labute approximate surface area is 183 Å². The van der Waals surface area contributed by atoms with Crippen molar-refractivity contribution in [3.05, 3.63) is 84.1 Å². The molecule has 0 saturated carbocycles. The van der Waals surface area contributed by atoms with Crippen molar-refractivity contribution in [2.24, 2.45) is 0 Å². The normalized spacial score (nSPS) is 14.7. The zero-order chi connectivity index (χ0) is 22.1. The molecule has 0 saturated heterocycles. The lowest BCUT2D eigenvalue weighted by molar-refractivity contribution is -0.125. The summed E-state index contributed by atoms with van der Waals surface area (Å²) < 4.78 is 17.2. The summed E-state index contributed by atoms with van der Waals surface area (Å²) >= 11 is 0. The van der Waals surface area contributed by atoms with Crippen molar-refractivity contribution in [1.29, 1.82) is 0 Å². The van der Waals surface area contributed by atoms with Crippen LogP contribution in [-0.4, -0.2) is 24.5 Å². The van der Waals surface area contributed by atoms with Gasteiger partial charge in [0, 0.05) is 11.1 Å². The van der Waals surface area contributed by atoms with Crippen LogP contribution in [0.5, 0.6) is 11.5 Å². The number of para-hydroxylation sites is 3. The highest BCUT2D eigenvalue weighted by molar-refractivity contribution is 6.15. The number of nitrogens with one attached hydrogen (secondary N) is 2. The van der Waals surface area contributed by atoms with Crippen LogP contribution in [0.2, 0.25) is 0 Å². The fourth-order valence-electron chi connectivity index (χ4n) is 3.51. The van der Waals surface area contributed by atoms with Gasteiger partial charge in [0.15, 0.2) is 11.5 Å². The highest BCUT2D eigenvalue weighted by atomic mass is 16.6. The van der Waals surface area contributed by atoms with E-state index in [1.54, 1.807) is 48.5 Å². The van der Waals surface area contributed by atoms with Crippen molar-refractivity contribution >= 4 is 34.2 Å². The number of carbonyl (C=O) groups is 2. The van der Waals surface area contributed by atoms with Crippen molar-refractivity contribution in [1.82, 2.24) is 0 Å². The second kappa shape index (κ2) is 8.11. The van der Waals surface area contributed by atoms with Gasteiger partial charge < -0.3 is 24.5 Å². The van der Waals surface area contributed by atoms with Crippen LogP contribution in [0.3, 0.4) is 0 Å². The molecule has 2 N–H and O–H groups in total. The van der Waals surface area contributed by atoms with Gasteiger partial charge in [-0.05, 0) is 43.3 Å². The van der Waals surface area contributed by atoms with Gasteiger partial charge in [0.25, 0.3) is 11.8 Å². The van der Waals surface area contributed by atoms with Gasteiger partial charge in [-0.3, -0.25) is 9.59 Å². The maximum atomic E-state index is 13.0. The summed E-state index contributed by atoms with van der Waals surface area (Å²) in [5.74, 6) is 0.191. The molecule has 0 fully saturated rings. The Bertz CT molecular complexity index is 1310. The number of anilines is 2. The number of aryl methyl sites for hydroxylation is 1. The third-order valence-corrected chi connectivity index (χ3v) is 5.16. The molecule has 1 unspecified atom stereocenters. The maximum absolute atomic E-state index is 13.0. The zero-order valence-electron chi connectivity index (χ0n) is 17.3. The molecule has 2 heterocycles. The van der Waals surface area contributed by atoms with Crippen LogP contribution >= 0.6 is 0 Å². The number of carbonyl (C=O) groups excluding carboxylic acids is 2. The summed E-state index contributed by atoms with van der Waals surface area (Å²) in [5, 5.41) is 6.24. The van der Waals surface area contributed by atoms with E-state index in [1.807, 2.05) is 31.2 Å². The average molecular weight is 428 g/mol. The number of amides is 2. The molecule has 4 aromatic rings. The van der Waals surface area contributed by atoms with E-state index in [4.69, 9.17) is 13.9 Å². The number of fused-ring (bicyclic) bond motifs is 2. The number of hydrogen-bond donors (Lipinski definition) is 2. The standard InChI is InChI=1S/C25H20N2O5/c1-15-10-12-16(13-11-15)26-25(29)23-22(17-6-2-3-7-18(17)32-23)27-24(28)21-14-30-19-8-4-5-9-20(19)31-21/h2-13,21H,14H2,1H3,(H,26,29)(H,27,28). The summed E-state index contributed by atoms with van der Waals surface area (Å²) in [5.41, 5.74) is 2.48. The lowest BCUT2D eigenvalue weighted by Crippen LogP contribution is -2.40. The molecule has 160 valence electrons. The first-order chi connectivity index (χ1) is 15.6. The van der Waals surface area contributed by atoms with Crippen LogP contribution in [0.25, 0.3) is 11.0 Å². The number of ether oxygens (including phenoxy) is 2. The molecule has 7 heteroatoms. The lowest BCUT2D eigenvalue weighted by Gasteiger charge is -2.25. The van der Waals surface area contributed by atoms with Gasteiger partial charge in [-0.2, -0.15) is 0 Å². The van der Waals surface area contributed by atoms with Gasteiger partial charge in [-0.1, -0.05) is 42.0 Å². The van der Waals surface area contributed by atoms with E-state index >= 15 is 0 Å². The largest absolute Gasteiger partial charge is 0.485 e. The molecule has 7 nitrogen and oxygen atoms in total. The van der Waals surface area contributed by atoms with Crippen LogP contribution < -0.4 is 20.1 Å². The van der Waals surface area contributed by atoms with Crippen LogP contribution in [0.15, 0.2) is 77.2 Å². The first-order valence-corrected chi connectivity index (χ1v) is 10.2. The van der Waals surface area contributed by atoms with E-state index in [0.717, 1.165) is 5.56 Å². The minimum atomic E-state index is -0.869. The third-order valence-electron chi connectivity index (χ3n) is 5.16. The van der Waals surface area contributed by atoms with E-state index in [9.17, 15) is 9.59 Å².